The number of rotatable bonds is 7. The first-order valence-corrected chi connectivity index (χ1v) is 10.6. The number of pyridine rings is 1. The van der Waals surface area contributed by atoms with Gasteiger partial charge in [0.05, 0.1) is 16.1 Å². The van der Waals surface area contributed by atoms with Crippen LogP contribution in [0.25, 0.3) is 10.4 Å². The van der Waals surface area contributed by atoms with E-state index in [9.17, 15) is 4.79 Å². The Kier molecular flexibility index (Phi) is 6.81. The van der Waals surface area contributed by atoms with E-state index in [0.717, 1.165) is 11.1 Å². The van der Waals surface area contributed by atoms with Gasteiger partial charge >= 0.3 is 0 Å². The van der Waals surface area contributed by atoms with Crippen molar-refractivity contribution in [1.29, 1.82) is 0 Å². The molecule has 9 heteroatoms. The Hall–Kier alpha value is -2.81. The van der Waals surface area contributed by atoms with Gasteiger partial charge in [-0.2, -0.15) is 0 Å². The molecule has 2 aromatic heterocycles. The quantitative estimate of drug-likeness (QED) is 0.327. The van der Waals surface area contributed by atoms with Crippen LogP contribution in [0.5, 0.6) is 0 Å². The molecule has 0 radical (unpaired) electrons. The topological polar surface area (TPSA) is 119 Å². The van der Waals surface area contributed by atoms with Crippen molar-refractivity contribution >= 4 is 40.2 Å². The Morgan fingerprint density at radius 3 is 2.80 bits per heavy atom. The predicted molar refractivity (Wildman–Crippen MR) is 122 cm³/mol. The van der Waals surface area contributed by atoms with Crippen LogP contribution >= 0.6 is 22.9 Å². The Labute approximate surface area is 184 Å². The van der Waals surface area contributed by atoms with E-state index in [1.165, 1.54) is 11.3 Å². The van der Waals surface area contributed by atoms with Gasteiger partial charge in [0.1, 0.15) is 5.69 Å². The summed E-state index contributed by atoms with van der Waals surface area (Å²) in [5.41, 5.74) is 9.60. The molecule has 0 bridgehead atoms. The molecule has 0 aliphatic heterocycles. The zero-order valence-corrected chi connectivity index (χ0v) is 18.6. The molecule has 0 saturated carbocycles. The van der Waals surface area contributed by atoms with Gasteiger partial charge in [0.15, 0.2) is 5.01 Å². The summed E-state index contributed by atoms with van der Waals surface area (Å²) in [5.74, 6) is -0.271. The number of thiazole rings is 1. The number of amides is 1. The molecule has 2 heterocycles. The molecule has 3 rings (SSSR count). The number of hydrogen-bond acceptors (Lipinski definition) is 6. The fourth-order valence-electron chi connectivity index (χ4n) is 2.98. The summed E-state index contributed by atoms with van der Waals surface area (Å²) in [4.78, 5) is 22.4. The first-order chi connectivity index (χ1) is 14.3. The Bertz CT molecular complexity index is 1080. The van der Waals surface area contributed by atoms with E-state index in [1.54, 1.807) is 24.5 Å². The van der Waals surface area contributed by atoms with Gasteiger partial charge in [-0.3, -0.25) is 15.2 Å². The second-order valence-electron chi connectivity index (χ2n) is 6.92. The summed E-state index contributed by atoms with van der Waals surface area (Å²) in [7, 11) is 1.83. The van der Waals surface area contributed by atoms with Crippen LogP contribution in [-0.4, -0.2) is 41.2 Å². The highest BCUT2D eigenvalue weighted by Gasteiger charge is 2.26. The van der Waals surface area contributed by atoms with Gasteiger partial charge in [-0.15, -0.1) is 11.3 Å². The van der Waals surface area contributed by atoms with Crippen LogP contribution in [-0.2, 0) is 0 Å². The van der Waals surface area contributed by atoms with E-state index in [-0.39, 0.29) is 11.9 Å². The van der Waals surface area contributed by atoms with Crippen LogP contribution in [0, 0.1) is 6.92 Å². The van der Waals surface area contributed by atoms with Gasteiger partial charge in [0.2, 0.25) is 5.71 Å². The molecule has 1 amide bonds. The van der Waals surface area contributed by atoms with Gasteiger partial charge in [-0.1, -0.05) is 17.7 Å². The lowest BCUT2D eigenvalue weighted by atomic mass is 10.0. The number of nitrogens with two attached hydrogens (primary N) is 2. The lowest BCUT2D eigenvalue weighted by Gasteiger charge is -2.12. The molecule has 1 atom stereocenters. The number of halogens is 1. The largest absolute Gasteiger partial charge is 0.398 e. The number of nitrogen functional groups attached to an aromatic ring is 1. The SMILES string of the molecule is CNCC(C)NC(=O)c1nc(C(=[NH2+])c2ccc(Cl)c(C)c2N)sc1-c1cccnc1. The number of benzene rings is 1. The highest BCUT2D eigenvalue weighted by Crippen LogP contribution is 2.32. The van der Waals surface area contributed by atoms with Crippen LogP contribution in [0.15, 0.2) is 36.7 Å². The molecular weight excluding hydrogens is 420 g/mol. The third kappa shape index (κ3) is 4.51. The fourth-order valence-corrected chi connectivity index (χ4v) is 4.17. The normalized spacial score (nSPS) is 11.9. The lowest BCUT2D eigenvalue weighted by molar-refractivity contribution is -0.111. The van der Waals surface area contributed by atoms with Gasteiger partial charge in [0.25, 0.3) is 5.91 Å². The molecule has 0 saturated heterocycles. The van der Waals surface area contributed by atoms with Gasteiger partial charge in [-0.25, -0.2) is 4.98 Å². The molecule has 0 aliphatic carbocycles. The van der Waals surface area contributed by atoms with Crippen LogP contribution in [0.4, 0.5) is 5.69 Å². The minimum Gasteiger partial charge on any atom is -0.398 e. The van der Waals surface area contributed by atoms with Crippen LogP contribution < -0.4 is 21.8 Å². The number of likely N-dealkylation sites (N-methyl/N-ethyl adjacent to an activating group) is 1. The van der Waals surface area contributed by atoms with Crippen LogP contribution in [0.3, 0.4) is 0 Å². The minimum absolute atomic E-state index is 0.0646. The Morgan fingerprint density at radius 2 is 2.13 bits per heavy atom. The second-order valence-corrected chi connectivity index (χ2v) is 8.32. The smallest absolute Gasteiger partial charge is 0.271 e. The van der Waals surface area contributed by atoms with Crippen molar-refractivity contribution in [1.82, 2.24) is 20.6 Å². The standard InChI is InChI=1S/C21H23ClN6OS/c1-11(9-25-3)27-20(29)18-19(13-5-4-8-26-10-13)30-21(28-18)17(24)14-6-7-15(22)12(2)16(14)23/h4-8,10-11,24-25H,9,23H2,1-3H3,(H,27,29)/p+1. The highest BCUT2D eigenvalue weighted by molar-refractivity contribution is 7.17. The highest BCUT2D eigenvalue weighted by atomic mass is 35.5. The summed E-state index contributed by atoms with van der Waals surface area (Å²) in [6, 6.07) is 7.14. The maximum atomic E-state index is 13.0. The van der Waals surface area contributed by atoms with E-state index in [0.29, 0.717) is 44.1 Å². The maximum absolute atomic E-state index is 13.0. The fraction of sp³-hybridized carbons (Fsp3) is 0.238. The molecule has 156 valence electrons. The summed E-state index contributed by atoms with van der Waals surface area (Å²) < 4.78 is 0. The lowest BCUT2D eigenvalue weighted by Crippen LogP contribution is -2.42. The summed E-state index contributed by atoms with van der Waals surface area (Å²) in [5, 5.41) is 13.5. The number of nitrogens with one attached hydrogen (secondary N) is 2. The number of aromatic nitrogens is 2. The number of carbonyl (C=O) groups is 1. The number of anilines is 1. The van der Waals surface area contributed by atoms with E-state index in [4.69, 9.17) is 22.7 Å². The average Bonchev–Trinajstić information content (AvgIpc) is 3.18. The molecule has 1 aromatic carbocycles. The van der Waals surface area contributed by atoms with E-state index in [1.807, 2.05) is 33.0 Å². The summed E-state index contributed by atoms with van der Waals surface area (Å²) in [6.07, 6.45) is 3.37. The van der Waals surface area contributed by atoms with Crippen LogP contribution in [0.1, 0.15) is 33.5 Å². The number of hydrogen-bond donors (Lipinski definition) is 4. The van der Waals surface area contributed by atoms with Gasteiger partial charge < -0.3 is 16.4 Å². The second kappa shape index (κ2) is 9.34. The van der Waals surface area contributed by atoms with Crippen molar-refractivity contribution in [2.24, 2.45) is 0 Å². The van der Waals surface area contributed by atoms with Gasteiger partial charge in [-0.05, 0) is 44.7 Å². The summed E-state index contributed by atoms with van der Waals surface area (Å²) in [6.45, 7) is 4.39. The zero-order chi connectivity index (χ0) is 21.8. The van der Waals surface area contributed by atoms with Crippen molar-refractivity contribution in [2.75, 3.05) is 19.3 Å². The number of carbonyl (C=O) groups excluding carboxylic acids is 1. The third-order valence-corrected chi connectivity index (χ3v) is 6.17. The first-order valence-electron chi connectivity index (χ1n) is 9.37. The zero-order valence-electron chi connectivity index (χ0n) is 17.0. The predicted octanol–water partition coefficient (Wildman–Crippen LogP) is 1.68. The molecule has 0 fully saturated rings. The van der Waals surface area contributed by atoms with E-state index < -0.39 is 0 Å². The molecule has 30 heavy (non-hydrogen) atoms. The molecule has 0 aliphatic rings. The molecule has 3 aromatic rings. The number of nitrogens with zero attached hydrogens (tertiary/aromatic N) is 2. The van der Waals surface area contributed by atoms with E-state index >= 15 is 0 Å². The maximum Gasteiger partial charge on any atom is 0.271 e. The van der Waals surface area contributed by atoms with Crippen molar-refractivity contribution in [3.05, 3.63) is 63.5 Å². The van der Waals surface area contributed by atoms with Crippen LogP contribution in [0.2, 0.25) is 5.02 Å². The molecule has 7 nitrogen and oxygen atoms in total. The minimum atomic E-state index is -0.271. The molecule has 6 N–H and O–H groups in total. The first kappa shape index (κ1) is 21.9. The average molecular weight is 444 g/mol. The Morgan fingerprint density at radius 1 is 1.37 bits per heavy atom. The van der Waals surface area contributed by atoms with Crippen molar-refractivity contribution in [2.45, 2.75) is 19.9 Å². The van der Waals surface area contributed by atoms with Crippen molar-refractivity contribution in [3.8, 4) is 10.4 Å². The molecule has 1 unspecified atom stereocenters. The van der Waals surface area contributed by atoms with Gasteiger partial charge in [0, 0.05) is 35.6 Å². The van der Waals surface area contributed by atoms with E-state index in [2.05, 4.69) is 20.6 Å². The van der Waals surface area contributed by atoms with Crippen molar-refractivity contribution in [3.63, 3.8) is 0 Å². The molecule has 0 spiro atoms. The third-order valence-electron chi connectivity index (χ3n) is 4.62. The Balaban J connectivity index is 2.05. The van der Waals surface area contributed by atoms with Crippen molar-refractivity contribution < 1.29 is 10.2 Å². The summed E-state index contributed by atoms with van der Waals surface area (Å²) >= 11 is 7.48. The monoisotopic (exact) mass is 443 g/mol. The molecular formula is C21H24ClN6OS+.